The average molecular weight is 313 g/mol. The van der Waals surface area contributed by atoms with E-state index in [4.69, 9.17) is 15.2 Å². The predicted molar refractivity (Wildman–Crippen MR) is 91.8 cm³/mol. The van der Waals surface area contributed by atoms with Gasteiger partial charge in [0.25, 0.3) is 0 Å². The van der Waals surface area contributed by atoms with Crippen LogP contribution in [0.15, 0.2) is 36.4 Å². The largest absolute Gasteiger partial charge is 0.490 e. The molecule has 1 aromatic heterocycles. The SMILES string of the molecule is CC(C)Oc1cc(OC2CCNC2)ccc1-c1cccc(N)n1. The number of ether oxygens (including phenoxy) is 2. The first kappa shape index (κ1) is 15.6. The highest BCUT2D eigenvalue weighted by Crippen LogP contribution is 2.34. The van der Waals surface area contributed by atoms with E-state index in [0.29, 0.717) is 5.82 Å². The molecule has 1 fully saturated rings. The lowest BCUT2D eigenvalue weighted by atomic mass is 10.1. The van der Waals surface area contributed by atoms with Crippen LogP contribution in [0.25, 0.3) is 11.3 Å². The van der Waals surface area contributed by atoms with Crippen LogP contribution in [-0.2, 0) is 0 Å². The fourth-order valence-corrected chi connectivity index (χ4v) is 2.66. The van der Waals surface area contributed by atoms with Crippen molar-refractivity contribution >= 4 is 5.82 Å². The van der Waals surface area contributed by atoms with E-state index in [0.717, 1.165) is 42.3 Å². The molecule has 0 spiro atoms. The molecule has 5 nitrogen and oxygen atoms in total. The molecule has 1 aromatic carbocycles. The summed E-state index contributed by atoms with van der Waals surface area (Å²) in [6.07, 6.45) is 1.32. The molecule has 122 valence electrons. The number of nitrogen functional groups attached to an aromatic ring is 1. The zero-order valence-electron chi connectivity index (χ0n) is 13.6. The maximum Gasteiger partial charge on any atom is 0.132 e. The van der Waals surface area contributed by atoms with Crippen molar-refractivity contribution in [1.29, 1.82) is 0 Å². The van der Waals surface area contributed by atoms with Gasteiger partial charge in [-0.15, -0.1) is 0 Å². The molecule has 1 atom stereocenters. The molecule has 3 rings (SSSR count). The monoisotopic (exact) mass is 313 g/mol. The summed E-state index contributed by atoms with van der Waals surface area (Å²) in [6.45, 7) is 5.90. The Balaban J connectivity index is 1.91. The summed E-state index contributed by atoms with van der Waals surface area (Å²) in [6, 6.07) is 11.5. The zero-order chi connectivity index (χ0) is 16.2. The van der Waals surface area contributed by atoms with Gasteiger partial charge in [0.15, 0.2) is 0 Å². The van der Waals surface area contributed by atoms with E-state index in [-0.39, 0.29) is 12.2 Å². The van der Waals surface area contributed by atoms with Crippen molar-refractivity contribution in [3.63, 3.8) is 0 Å². The van der Waals surface area contributed by atoms with Crippen molar-refractivity contribution in [2.45, 2.75) is 32.5 Å². The molecule has 0 bridgehead atoms. The molecule has 3 N–H and O–H groups in total. The lowest BCUT2D eigenvalue weighted by molar-refractivity contribution is 0.217. The van der Waals surface area contributed by atoms with Crippen molar-refractivity contribution < 1.29 is 9.47 Å². The summed E-state index contributed by atoms with van der Waals surface area (Å²) in [4.78, 5) is 4.39. The third-order valence-corrected chi connectivity index (χ3v) is 3.68. The van der Waals surface area contributed by atoms with E-state index in [1.807, 2.05) is 44.2 Å². The second-order valence-electron chi connectivity index (χ2n) is 6.00. The molecule has 5 heteroatoms. The van der Waals surface area contributed by atoms with Crippen molar-refractivity contribution in [3.8, 4) is 22.8 Å². The standard InChI is InChI=1S/C18H23N3O2/c1-12(2)22-17-10-13(23-14-8-9-20-11-14)6-7-15(17)16-4-3-5-18(19)21-16/h3-7,10,12,14,20H,8-9,11H2,1-2H3,(H2,19,21). The van der Waals surface area contributed by atoms with E-state index in [1.54, 1.807) is 6.07 Å². The van der Waals surface area contributed by atoms with Crippen LogP contribution in [0.1, 0.15) is 20.3 Å². The summed E-state index contributed by atoms with van der Waals surface area (Å²) in [7, 11) is 0. The van der Waals surface area contributed by atoms with Crippen LogP contribution in [0.3, 0.4) is 0 Å². The molecule has 23 heavy (non-hydrogen) atoms. The van der Waals surface area contributed by atoms with Gasteiger partial charge >= 0.3 is 0 Å². The molecule has 2 heterocycles. The van der Waals surface area contributed by atoms with Crippen LogP contribution < -0.4 is 20.5 Å². The fraction of sp³-hybridized carbons (Fsp3) is 0.389. The Hall–Kier alpha value is -2.27. The van der Waals surface area contributed by atoms with Gasteiger partial charge < -0.3 is 20.5 Å². The average Bonchev–Trinajstić information content (AvgIpc) is 3.00. The minimum absolute atomic E-state index is 0.0678. The summed E-state index contributed by atoms with van der Waals surface area (Å²) < 4.78 is 12.0. The van der Waals surface area contributed by atoms with Gasteiger partial charge in [-0.05, 0) is 51.1 Å². The first-order chi connectivity index (χ1) is 11.1. The lowest BCUT2D eigenvalue weighted by Gasteiger charge is -2.18. The molecule has 2 aromatic rings. The third-order valence-electron chi connectivity index (χ3n) is 3.68. The topological polar surface area (TPSA) is 69.4 Å². The Kier molecular flexibility index (Phi) is 4.67. The molecule has 0 saturated carbocycles. The second kappa shape index (κ2) is 6.87. The van der Waals surface area contributed by atoms with Crippen molar-refractivity contribution in [3.05, 3.63) is 36.4 Å². The first-order valence-corrected chi connectivity index (χ1v) is 8.03. The first-order valence-electron chi connectivity index (χ1n) is 8.03. The van der Waals surface area contributed by atoms with Gasteiger partial charge in [0.05, 0.1) is 11.8 Å². The maximum atomic E-state index is 6.02. The van der Waals surface area contributed by atoms with E-state index < -0.39 is 0 Å². The number of benzene rings is 1. The Morgan fingerprint density at radius 2 is 2.13 bits per heavy atom. The Morgan fingerprint density at radius 3 is 2.83 bits per heavy atom. The maximum absolute atomic E-state index is 6.02. The number of rotatable bonds is 5. The zero-order valence-corrected chi connectivity index (χ0v) is 13.6. The van der Waals surface area contributed by atoms with Gasteiger partial charge in [0.2, 0.25) is 0 Å². The number of pyridine rings is 1. The summed E-state index contributed by atoms with van der Waals surface area (Å²) >= 11 is 0. The smallest absolute Gasteiger partial charge is 0.132 e. The number of nitrogens with two attached hydrogens (primary N) is 1. The molecule has 1 aliphatic heterocycles. The van der Waals surface area contributed by atoms with Crippen LogP contribution >= 0.6 is 0 Å². The van der Waals surface area contributed by atoms with E-state index in [1.165, 1.54) is 0 Å². The minimum Gasteiger partial charge on any atom is -0.490 e. The summed E-state index contributed by atoms with van der Waals surface area (Å²) in [5.41, 5.74) is 7.52. The highest BCUT2D eigenvalue weighted by atomic mass is 16.5. The van der Waals surface area contributed by atoms with E-state index in [9.17, 15) is 0 Å². The van der Waals surface area contributed by atoms with Crippen LogP contribution in [0.5, 0.6) is 11.5 Å². The molecule has 1 saturated heterocycles. The quantitative estimate of drug-likeness (QED) is 0.888. The lowest BCUT2D eigenvalue weighted by Crippen LogP contribution is -2.19. The van der Waals surface area contributed by atoms with E-state index >= 15 is 0 Å². The molecular formula is C18H23N3O2. The highest BCUT2D eigenvalue weighted by Gasteiger charge is 2.17. The van der Waals surface area contributed by atoms with Crippen LogP contribution in [-0.4, -0.2) is 30.3 Å². The van der Waals surface area contributed by atoms with Crippen molar-refractivity contribution in [2.75, 3.05) is 18.8 Å². The Labute approximate surface area is 136 Å². The number of hydrogen-bond acceptors (Lipinski definition) is 5. The van der Waals surface area contributed by atoms with E-state index in [2.05, 4.69) is 10.3 Å². The van der Waals surface area contributed by atoms with Crippen LogP contribution in [0, 0.1) is 0 Å². The van der Waals surface area contributed by atoms with Crippen molar-refractivity contribution in [2.24, 2.45) is 0 Å². The molecule has 1 aliphatic rings. The number of nitrogens with one attached hydrogen (secondary N) is 1. The summed E-state index contributed by atoms with van der Waals surface area (Å²) in [5.74, 6) is 2.08. The minimum atomic E-state index is 0.0678. The molecule has 0 aliphatic carbocycles. The molecule has 0 radical (unpaired) electrons. The van der Waals surface area contributed by atoms with Crippen molar-refractivity contribution in [1.82, 2.24) is 10.3 Å². The predicted octanol–water partition coefficient (Wildman–Crippen LogP) is 2.86. The summed E-state index contributed by atoms with van der Waals surface area (Å²) in [5, 5.41) is 3.30. The third kappa shape index (κ3) is 3.93. The molecule has 1 unspecified atom stereocenters. The molecular weight excluding hydrogens is 290 g/mol. The fourth-order valence-electron chi connectivity index (χ4n) is 2.66. The highest BCUT2D eigenvalue weighted by molar-refractivity contribution is 5.69. The van der Waals surface area contributed by atoms with Gasteiger partial charge in [-0.25, -0.2) is 4.98 Å². The van der Waals surface area contributed by atoms with Crippen LogP contribution in [0.4, 0.5) is 5.82 Å². The molecule has 0 amide bonds. The number of anilines is 1. The van der Waals surface area contributed by atoms with Gasteiger partial charge in [-0.2, -0.15) is 0 Å². The van der Waals surface area contributed by atoms with Crippen LogP contribution in [0.2, 0.25) is 0 Å². The second-order valence-corrected chi connectivity index (χ2v) is 6.00. The number of aromatic nitrogens is 1. The van der Waals surface area contributed by atoms with Gasteiger partial charge in [0.1, 0.15) is 23.4 Å². The Morgan fingerprint density at radius 1 is 1.26 bits per heavy atom. The number of hydrogen-bond donors (Lipinski definition) is 2. The van der Waals surface area contributed by atoms with Gasteiger partial charge in [-0.3, -0.25) is 0 Å². The van der Waals surface area contributed by atoms with Gasteiger partial charge in [0, 0.05) is 18.2 Å². The normalized spacial score (nSPS) is 17.4. The Bertz CT molecular complexity index is 667. The van der Waals surface area contributed by atoms with Gasteiger partial charge in [-0.1, -0.05) is 6.07 Å². The number of nitrogens with zero attached hydrogens (tertiary/aromatic N) is 1.